The molecule has 2 aromatic rings. The zero-order valence-electron chi connectivity index (χ0n) is 13.0. The molecular formula is C18H17NO3S. The smallest absolute Gasteiger partial charge is 0.312 e. The minimum Gasteiger partial charge on any atom is -0.469 e. The molecule has 0 fully saturated rings. The van der Waals surface area contributed by atoms with Crippen LogP contribution >= 0.6 is 11.3 Å². The van der Waals surface area contributed by atoms with Crippen molar-refractivity contribution in [2.75, 3.05) is 14.2 Å². The molecule has 1 aliphatic rings. The van der Waals surface area contributed by atoms with E-state index in [-0.39, 0.29) is 11.9 Å². The van der Waals surface area contributed by atoms with Gasteiger partial charge in [-0.05, 0) is 35.1 Å². The van der Waals surface area contributed by atoms with Crippen LogP contribution in [0.1, 0.15) is 20.8 Å². The molecule has 1 aromatic carbocycles. The third-order valence-electron chi connectivity index (χ3n) is 3.98. The van der Waals surface area contributed by atoms with Gasteiger partial charge in [0.05, 0.1) is 17.9 Å². The second kappa shape index (κ2) is 6.38. The molecule has 0 radical (unpaired) electrons. The first kappa shape index (κ1) is 15.5. The zero-order valence-corrected chi connectivity index (χ0v) is 13.8. The number of methoxy groups -OCH3 is 1. The summed E-state index contributed by atoms with van der Waals surface area (Å²) in [4.78, 5) is 27.2. The van der Waals surface area contributed by atoms with Crippen LogP contribution in [0.15, 0.2) is 47.9 Å². The van der Waals surface area contributed by atoms with Gasteiger partial charge >= 0.3 is 5.97 Å². The molecule has 1 aromatic heterocycles. The van der Waals surface area contributed by atoms with Gasteiger partial charge in [0.1, 0.15) is 0 Å². The predicted octanol–water partition coefficient (Wildman–Crippen LogP) is 3.21. The molecule has 118 valence electrons. The van der Waals surface area contributed by atoms with Crippen molar-refractivity contribution in [1.82, 2.24) is 4.90 Å². The molecule has 4 nitrogen and oxygen atoms in total. The van der Waals surface area contributed by atoms with Gasteiger partial charge in [-0.15, -0.1) is 11.3 Å². The summed E-state index contributed by atoms with van der Waals surface area (Å²) in [5, 5.41) is 1.89. The number of fused-ring (bicyclic) bond motifs is 1. The number of carbonyl (C=O) groups excluding carboxylic acids is 2. The lowest BCUT2D eigenvalue weighted by atomic mass is 9.94. The third-order valence-corrected chi connectivity index (χ3v) is 4.92. The summed E-state index contributed by atoms with van der Waals surface area (Å²) in [6.07, 6.45) is 2.31. The Hall–Kier alpha value is -2.40. The van der Waals surface area contributed by atoms with Gasteiger partial charge in [-0.3, -0.25) is 9.59 Å². The molecule has 2 heterocycles. The van der Waals surface area contributed by atoms with Crippen molar-refractivity contribution in [1.29, 1.82) is 0 Å². The predicted molar refractivity (Wildman–Crippen MR) is 90.0 cm³/mol. The van der Waals surface area contributed by atoms with Gasteiger partial charge < -0.3 is 9.64 Å². The number of benzene rings is 1. The Morgan fingerprint density at radius 2 is 2.00 bits per heavy atom. The Bertz CT molecular complexity index is 764. The Labute approximate surface area is 139 Å². The normalized spacial score (nSPS) is 20.1. The van der Waals surface area contributed by atoms with E-state index < -0.39 is 5.92 Å². The third kappa shape index (κ3) is 2.92. The Morgan fingerprint density at radius 1 is 1.26 bits per heavy atom. The van der Waals surface area contributed by atoms with Gasteiger partial charge in [0.25, 0.3) is 5.91 Å². The molecule has 5 heteroatoms. The minimum absolute atomic E-state index is 0.0478. The van der Waals surface area contributed by atoms with E-state index in [1.165, 1.54) is 18.4 Å². The fraction of sp³-hybridized carbons (Fsp3) is 0.222. The molecule has 1 amide bonds. The van der Waals surface area contributed by atoms with Crippen molar-refractivity contribution in [3.63, 3.8) is 0 Å². The first-order valence-electron chi connectivity index (χ1n) is 7.31. The van der Waals surface area contributed by atoms with Gasteiger partial charge in [0.2, 0.25) is 0 Å². The maximum atomic E-state index is 12.8. The molecule has 0 saturated heterocycles. The SMILES string of the molecule is COC(=O)C1/C=C(/c2ccccc2)N(C)C(=O)c2sccc2C1. The molecular weight excluding hydrogens is 310 g/mol. The van der Waals surface area contributed by atoms with Crippen LogP contribution in [-0.2, 0) is 16.0 Å². The topological polar surface area (TPSA) is 46.6 Å². The Morgan fingerprint density at radius 3 is 2.70 bits per heavy atom. The maximum absolute atomic E-state index is 12.8. The van der Waals surface area contributed by atoms with Crippen LogP contribution in [0.3, 0.4) is 0 Å². The number of rotatable bonds is 2. The maximum Gasteiger partial charge on any atom is 0.312 e. The number of nitrogens with zero attached hydrogens (tertiary/aromatic N) is 1. The lowest BCUT2D eigenvalue weighted by Crippen LogP contribution is -2.30. The van der Waals surface area contributed by atoms with E-state index in [9.17, 15) is 9.59 Å². The highest BCUT2D eigenvalue weighted by atomic mass is 32.1. The summed E-state index contributed by atoms with van der Waals surface area (Å²) < 4.78 is 4.94. The summed E-state index contributed by atoms with van der Waals surface area (Å²) in [6.45, 7) is 0. The lowest BCUT2D eigenvalue weighted by Gasteiger charge is -2.25. The standard InChI is InChI=1S/C18H17NO3S/c1-19-15(12-6-4-3-5-7-12)11-14(18(21)22-2)10-13-8-9-23-16(13)17(19)20/h3-9,11,14H,10H2,1-2H3/b15-11-. The van der Waals surface area contributed by atoms with Gasteiger partial charge in [0, 0.05) is 12.7 Å². The second-order valence-corrected chi connectivity index (χ2v) is 6.31. The quantitative estimate of drug-likeness (QED) is 0.796. The zero-order chi connectivity index (χ0) is 16.4. The van der Waals surface area contributed by atoms with Crippen molar-refractivity contribution < 1.29 is 14.3 Å². The van der Waals surface area contributed by atoms with E-state index >= 15 is 0 Å². The van der Waals surface area contributed by atoms with Crippen LogP contribution in [0, 0.1) is 5.92 Å². The van der Waals surface area contributed by atoms with Gasteiger partial charge in [-0.1, -0.05) is 30.3 Å². The summed E-state index contributed by atoms with van der Waals surface area (Å²) in [5.74, 6) is -0.758. The van der Waals surface area contributed by atoms with E-state index in [1.54, 1.807) is 11.9 Å². The van der Waals surface area contributed by atoms with Crippen molar-refractivity contribution in [2.45, 2.75) is 6.42 Å². The van der Waals surface area contributed by atoms with E-state index in [0.717, 1.165) is 16.8 Å². The van der Waals surface area contributed by atoms with Crippen LogP contribution in [0.4, 0.5) is 0 Å². The highest BCUT2D eigenvalue weighted by molar-refractivity contribution is 7.12. The second-order valence-electron chi connectivity index (χ2n) is 5.39. The Balaban J connectivity index is 2.13. The first-order chi connectivity index (χ1) is 11.1. The van der Waals surface area contributed by atoms with E-state index in [1.807, 2.05) is 47.9 Å². The van der Waals surface area contributed by atoms with Gasteiger partial charge in [0.15, 0.2) is 0 Å². The van der Waals surface area contributed by atoms with E-state index in [0.29, 0.717) is 11.3 Å². The van der Waals surface area contributed by atoms with Crippen molar-refractivity contribution in [2.24, 2.45) is 5.92 Å². The van der Waals surface area contributed by atoms with E-state index in [2.05, 4.69) is 0 Å². The largest absolute Gasteiger partial charge is 0.469 e. The summed E-state index contributed by atoms with van der Waals surface area (Å²) in [6, 6.07) is 11.5. The molecule has 0 spiro atoms. The average Bonchev–Trinajstić information content (AvgIpc) is 3.04. The van der Waals surface area contributed by atoms with Crippen LogP contribution in [-0.4, -0.2) is 30.9 Å². The monoisotopic (exact) mass is 327 g/mol. The molecule has 0 aliphatic carbocycles. The first-order valence-corrected chi connectivity index (χ1v) is 8.19. The fourth-order valence-corrected chi connectivity index (χ4v) is 3.65. The van der Waals surface area contributed by atoms with Crippen molar-refractivity contribution in [3.05, 3.63) is 63.9 Å². The summed E-state index contributed by atoms with van der Waals surface area (Å²) in [7, 11) is 3.13. The minimum atomic E-state index is -0.417. The molecule has 23 heavy (non-hydrogen) atoms. The number of amides is 1. The molecule has 1 atom stereocenters. The highest BCUT2D eigenvalue weighted by Gasteiger charge is 2.29. The van der Waals surface area contributed by atoms with Crippen molar-refractivity contribution in [3.8, 4) is 0 Å². The molecule has 1 aliphatic heterocycles. The van der Waals surface area contributed by atoms with Crippen LogP contribution in [0.25, 0.3) is 5.70 Å². The number of hydrogen-bond donors (Lipinski definition) is 0. The summed E-state index contributed by atoms with van der Waals surface area (Å²) >= 11 is 1.41. The number of esters is 1. The fourth-order valence-electron chi connectivity index (χ4n) is 2.75. The number of thiophene rings is 1. The molecule has 0 bridgehead atoms. The molecule has 0 N–H and O–H groups in total. The number of ether oxygens (including phenoxy) is 1. The number of carbonyl (C=O) groups is 2. The van der Waals surface area contributed by atoms with Crippen molar-refractivity contribution >= 4 is 28.9 Å². The van der Waals surface area contributed by atoms with Crippen LogP contribution in [0.2, 0.25) is 0 Å². The molecule has 3 rings (SSSR count). The molecule has 0 saturated carbocycles. The van der Waals surface area contributed by atoms with Gasteiger partial charge in [-0.2, -0.15) is 0 Å². The van der Waals surface area contributed by atoms with Gasteiger partial charge in [-0.25, -0.2) is 0 Å². The van der Waals surface area contributed by atoms with Crippen LogP contribution < -0.4 is 0 Å². The Kier molecular flexibility index (Phi) is 4.30. The highest BCUT2D eigenvalue weighted by Crippen LogP contribution is 2.31. The summed E-state index contributed by atoms with van der Waals surface area (Å²) in [5.41, 5.74) is 2.52. The lowest BCUT2D eigenvalue weighted by molar-refractivity contribution is -0.143. The molecule has 1 unspecified atom stereocenters. The van der Waals surface area contributed by atoms with E-state index in [4.69, 9.17) is 4.74 Å². The number of hydrogen-bond acceptors (Lipinski definition) is 4. The average molecular weight is 327 g/mol. The van der Waals surface area contributed by atoms with Crippen LogP contribution in [0.5, 0.6) is 0 Å².